The minimum atomic E-state index is -4.48. The molecule has 1 aliphatic rings. The van der Waals surface area contributed by atoms with Crippen molar-refractivity contribution in [1.82, 2.24) is 24.6 Å². The molecule has 3 aromatic heterocycles. The molecule has 29 heavy (non-hydrogen) atoms. The first-order valence-electron chi connectivity index (χ1n) is 8.53. The van der Waals surface area contributed by atoms with E-state index in [-0.39, 0.29) is 17.2 Å². The number of methoxy groups -OCH3 is 1. The van der Waals surface area contributed by atoms with E-state index >= 15 is 0 Å². The normalized spacial score (nSPS) is 16.2. The van der Waals surface area contributed by atoms with Gasteiger partial charge in [-0.3, -0.25) is 9.38 Å². The van der Waals surface area contributed by atoms with Crippen molar-refractivity contribution < 1.29 is 31.4 Å². The van der Waals surface area contributed by atoms with Gasteiger partial charge >= 0.3 is 12.3 Å². The minimum absolute atomic E-state index is 0.0749. The first kappa shape index (κ1) is 19.4. The summed E-state index contributed by atoms with van der Waals surface area (Å²) < 4.78 is 77.1. The Morgan fingerprint density at radius 3 is 2.41 bits per heavy atom. The molecule has 3 heterocycles. The minimum Gasteiger partial charge on any atom is -0.464 e. The maximum Gasteiger partial charge on any atom is 0.425 e. The molecular weight excluding hydrogens is 401 g/mol. The maximum atomic E-state index is 13.8. The van der Waals surface area contributed by atoms with Crippen LogP contribution in [0.2, 0.25) is 0 Å². The second kappa shape index (κ2) is 6.87. The summed E-state index contributed by atoms with van der Waals surface area (Å²) >= 11 is 0. The zero-order valence-electron chi connectivity index (χ0n) is 14.9. The first-order valence-corrected chi connectivity index (χ1v) is 8.53. The predicted octanol–water partition coefficient (Wildman–Crippen LogP) is 3.60. The average molecular weight is 415 g/mol. The Labute approximate surface area is 160 Å². The molecule has 1 saturated carbocycles. The van der Waals surface area contributed by atoms with Gasteiger partial charge in [-0.05, 0) is 18.9 Å². The van der Waals surface area contributed by atoms with E-state index in [4.69, 9.17) is 4.74 Å². The molecule has 7 nitrogen and oxygen atoms in total. The van der Waals surface area contributed by atoms with Crippen molar-refractivity contribution in [3.05, 3.63) is 36.5 Å². The van der Waals surface area contributed by atoms with Gasteiger partial charge in [0.1, 0.15) is 0 Å². The lowest BCUT2D eigenvalue weighted by Gasteiger charge is -2.20. The lowest BCUT2D eigenvalue weighted by Crippen LogP contribution is -2.36. The molecule has 12 heteroatoms. The molecule has 154 valence electrons. The Kier molecular flexibility index (Phi) is 4.60. The van der Waals surface area contributed by atoms with Crippen molar-refractivity contribution in [2.75, 3.05) is 7.11 Å². The molecule has 1 atom stereocenters. The topological polar surface area (TPSA) is 74.4 Å². The van der Waals surface area contributed by atoms with Crippen LogP contribution in [-0.4, -0.2) is 44.0 Å². The van der Waals surface area contributed by atoms with E-state index in [2.05, 4.69) is 24.9 Å². The fraction of sp³-hybridized carbons (Fsp3) is 0.412. The van der Waals surface area contributed by atoms with Crippen LogP contribution in [0.15, 0.2) is 30.7 Å². The van der Waals surface area contributed by atoms with E-state index in [1.165, 1.54) is 30.7 Å². The number of halogens is 5. The average Bonchev–Trinajstić information content (AvgIpc) is 3.42. The molecule has 0 unspecified atom stereocenters. The smallest absolute Gasteiger partial charge is 0.425 e. The number of pyridine rings is 1. The number of ether oxygens (including phenoxy) is 2. The van der Waals surface area contributed by atoms with Gasteiger partial charge in [-0.2, -0.15) is 22.0 Å². The van der Waals surface area contributed by atoms with E-state index in [0.29, 0.717) is 18.4 Å². The molecule has 0 aromatic carbocycles. The molecule has 0 aliphatic heterocycles. The number of hydrogen-bond acceptors (Lipinski definition) is 6. The first-order chi connectivity index (χ1) is 13.7. The van der Waals surface area contributed by atoms with Crippen molar-refractivity contribution >= 4 is 5.65 Å². The van der Waals surface area contributed by atoms with Crippen LogP contribution in [0.1, 0.15) is 18.7 Å². The third-order valence-corrected chi connectivity index (χ3v) is 4.46. The Hall–Kier alpha value is -2.89. The van der Waals surface area contributed by atoms with Gasteiger partial charge in [-0.25, -0.2) is 4.98 Å². The molecule has 1 aliphatic carbocycles. The summed E-state index contributed by atoms with van der Waals surface area (Å²) in [6, 6.07) is 2.72. The maximum absolute atomic E-state index is 13.8. The van der Waals surface area contributed by atoms with Gasteiger partial charge in [0.15, 0.2) is 11.8 Å². The standard InChI is InChI=1S/C17H14F5N5O2/c1-28-17(21,22)15-26-25-12-7-23-11(8-27(12)15)10-4-5-13(24-6-10)29-14(9-2-3-9)16(18,19)20/h4-9,14H,2-3H2,1H3/t14-/m1/s1. The highest BCUT2D eigenvalue weighted by molar-refractivity contribution is 5.59. The highest BCUT2D eigenvalue weighted by Gasteiger charge is 2.51. The van der Waals surface area contributed by atoms with E-state index in [9.17, 15) is 22.0 Å². The van der Waals surface area contributed by atoms with Gasteiger partial charge in [-0.15, -0.1) is 10.2 Å². The Morgan fingerprint density at radius 1 is 1.07 bits per heavy atom. The molecule has 0 bridgehead atoms. The van der Waals surface area contributed by atoms with Crippen molar-refractivity contribution in [3.63, 3.8) is 0 Å². The van der Waals surface area contributed by atoms with Crippen LogP contribution in [0.4, 0.5) is 22.0 Å². The summed E-state index contributed by atoms with van der Waals surface area (Å²) in [4.78, 5) is 7.99. The Bertz CT molecular complexity index is 1020. The molecule has 0 N–H and O–H groups in total. The van der Waals surface area contributed by atoms with Gasteiger partial charge in [0.2, 0.25) is 11.7 Å². The third kappa shape index (κ3) is 3.84. The van der Waals surface area contributed by atoms with E-state index in [1.807, 2.05) is 0 Å². The zero-order chi connectivity index (χ0) is 20.8. The number of rotatable bonds is 6. The summed E-state index contributed by atoms with van der Waals surface area (Å²) in [5.41, 5.74) is 0.694. The molecule has 0 amide bonds. The molecule has 0 spiro atoms. The summed E-state index contributed by atoms with van der Waals surface area (Å²) in [5, 5.41) is 7.03. The van der Waals surface area contributed by atoms with Crippen LogP contribution in [-0.2, 0) is 10.8 Å². The number of nitrogens with zero attached hydrogens (tertiary/aromatic N) is 5. The Morgan fingerprint density at radius 2 is 1.83 bits per heavy atom. The van der Waals surface area contributed by atoms with Crippen LogP contribution in [0.5, 0.6) is 5.88 Å². The highest BCUT2D eigenvalue weighted by Crippen LogP contribution is 2.42. The van der Waals surface area contributed by atoms with Crippen LogP contribution >= 0.6 is 0 Å². The summed E-state index contributed by atoms with van der Waals surface area (Å²) in [6.45, 7) is 0. The van der Waals surface area contributed by atoms with E-state index < -0.39 is 30.1 Å². The quantitative estimate of drug-likeness (QED) is 0.573. The van der Waals surface area contributed by atoms with Crippen LogP contribution < -0.4 is 4.74 Å². The molecule has 0 saturated heterocycles. The molecule has 0 radical (unpaired) electrons. The SMILES string of the molecule is COC(F)(F)c1nnc2cnc(-c3ccc(O[C@H](C4CC4)C(F)(F)F)nc3)cn12. The fourth-order valence-electron chi connectivity index (χ4n) is 2.80. The third-order valence-electron chi connectivity index (χ3n) is 4.46. The van der Waals surface area contributed by atoms with Crippen molar-refractivity contribution in [3.8, 4) is 17.1 Å². The van der Waals surface area contributed by atoms with Crippen molar-refractivity contribution in [1.29, 1.82) is 0 Å². The van der Waals surface area contributed by atoms with Crippen molar-refractivity contribution in [2.24, 2.45) is 5.92 Å². The number of hydrogen-bond donors (Lipinski definition) is 0. The molecular formula is C17H14F5N5O2. The summed E-state index contributed by atoms with van der Waals surface area (Å²) in [6.07, 6.45) is -5.38. The predicted molar refractivity (Wildman–Crippen MR) is 88.1 cm³/mol. The Balaban J connectivity index is 1.60. The van der Waals surface area contributed by atoms with Crippen LogP contribution in [0.25, 0.3) is 16.9 Å². The van der Waals surface area contributed by atoms with Crippen molar-refractivity contribution in [2.45, 2.75) is 31.2 Å². The number of aromatic nitrogens is 5. The highest BCUT2D eigenvalue weighted by atomic mass is 19.4. The van der Waals surface area contributed by atoms with E-state index in [0.717, 1.165) is 11.5 Å². The second-order valence-corrected chi connectivity index (χ2v) is 6.55. The number of fused-ring (bicyclic) bond motifs is 1. The monoisotopic (exact) mass is 415 g/mol. The van der Waals surface area contributed by atoms with Gasteiger partial charge in [0, 0.05) is 37.1 Å². The zero-order valence-corrected chi connectivity index (χ0v) is 14.9. The van der Waals surface area contributed by atoms with Crippen LogP contribution in [0, 0.1) is 5.92 Å². The second-order valence-electron chi connectivity index (χ2n) is 6.55. The van der Waals surface area contributed by atoms with Gasteiger partial charge in [0.25, 0.3) is 0 Å². The largest absolute Gasteiger partial charge is 0.464 e. The molecule has 4 rings (SSSR count). The lowest BCUT2D eigenvalue weighted by atomic mass is 10.2. The summed E-state index contributed by atoms with van der Waals surface area (Å²) in [7, 11) is 0.835. The van der Waals surface area contributed by atoms with Crippen LogP contribution in [0.3, 0.4) is 0 Å². The molecule has 3 aromatic rings. The fourth-order valence-corrected chi connectivity index (χ4v) is 2.80. The van der Waals surface area contributed by atoms with Gasteiger partial charge < -0.3 is 9.47 Å². The van der Waals surface area contributed by atoms with E-state index in [1.54, 1.807) is 0 Å². The summed E-state index contributed by atoms with van der Waals surface area (Å²) in [5.74, 6) is -1.47. The lowest BCUT2D eigenvalue weighted by molar-refractivity contribution is -0.237. The van der Waals surface area contributed by atoms with Gasteiger partial charge in [0.05, 0.1) is 11.9 Å². The van der Waals surface area contributed by atoms with Gasteiger partial charge in [-0.1, -0.05) is 0 Å². The molecule has 1 fully saturated rings. The number of alkyl halides is 5.